The quantitative estimate of drug-likeness (QED) is 0.0537. The minimum Gasteiger partial charge on any atom is -0.524 e. The first-order valence-corrected chi connectivity index (χ1v) is 170. The van der Waals surface area contributed by atoms with E-state index in [4.69, 9.17) is 0 Å². The summed E-state index contributed by atoms with van der Waals surface area (Å²) in [7, 11) is 157. The van der Waals surface area contributed by atoms with Gasteiger partial charge in [0.05, 0.1) is 0 Å². The summed E-state index contributed by atoms with van der Waals surface area (Å²) in [6.07, 6.45) is 0. The molecule has 0 heterocycles. The SMILES string of the molecule is [PH-]PP(P)P(P(P(P)P)P(P)P)P(P(P(P)P)P(P)P)P(P(P(P(P(P)P)P(P)P)P(P(P)P)P(P)P)P(P(P(P)P)P(P)P)P(P(P)P)P(P)P)P(P(P(P(P)P)P(P)P)P(P(P)P)P(P)P)P(P(P(P)P)P(P)P)P(P(P)P)P(P)P. The van der Waals surface area contributed by atoms with E-state index >= 15 is 0 Å². The zero-order valence-corrected chi connectivity index (χ0v) is 128. The molecule has 0 aromatic rings. The van der Waals surface area contributed by atoms with Crippen LogP contribution >= 0.6 is 662 Å². The fourth-order valence-corrected chi connectivity index (χ4v) is 1230. The topological polar surface area (TPSA) is 0 Å². The van der Waals surface area contributed by atoms with E-state index in [1.54, 1.807) is 0 Å². The van der Waals surface area contributed by atoms with Gasteiger partial charge in [-0.1, -0.05) is 6.99 Å². The van der Waals surface area contributed by atoms with E-state index in [9.17, 15) is 0 Å². The van der Waals surface area contributed by atoms with Crippen LogP contribution in [-0.4, -0.2) is 0 Å². The van der Waals surface area contributed by atoms with Gasteiger partial charge in [0.2, 0.25) is 0 Å². The van der Waals surface area contributed by atoms with Crippen LogP contribution in [0.15, 0.2) is 0 Å². The summed E-state index contributed by atoms with van der Waals surface area (Å²) in [4.78, 5) is 0. The maximum Gasteiger partial charge on any atom is -0.00000534 e. The summed E-state index contributed by atoms with van der Waals surface area (Å²) in [6.45, 7) is -14.6. The molecule has 83 heavy (non-hydrogen) atoms. The average Bonchev–Trinajstić information content (AvgIpc) is 3.26. The van der Waals surface area contributed by atoms with E-state index in [1.165, 1.54) is 0 Å². The third-order valence-corrected chi connectivity index (χ3v) is 593. The van der Waals surface area contributed by atoms with E-state index < -0.39 is 69.9 Å². The van der Waals surface area contributed by atoms with Gasteiger partial charge in [-0.2, -0.15) is 0 Å². The smallest absolute Gasteiger partial charge is 0.00000534 e. The Morgan fingerprint density at radius 2 is 0.193 bits per heavy atom. The van der Waals surface area contributed by atoms with Crippen LogP contribution in [0, 0.1) is 0 Å². The van der Waals surface area contributed by atoms with Crippen molar-refractivity contribution < 1.29 is 0 Å². The lowest BCUT2D eigenvalue weighted by Gasteiger charge is -2.63. The van der Waals surface area contributed by atoms with Crippen LogP contribution in [0.2, 0.25) is 0 Å². The van der Waals surface area contributed by atoms with E-state index in [2.05, 4.69) is 375 Å². The Balaban J connectivity index is 13.0. The first-order chi connectivity index (χ1) is 37.8. The van der Waals surface area contributed by atoms with Crippen molar-refractivity contribution in [3.05, 3.63) is 0 Å². The van der Waals surface area contributed by atoms with Crippen molar-refractivity contribution in [2.75, 3.05) is 0 Å². The molecule has 0 rings (SSSR count). The molecule has 45 atom stereocenters. The Kier molecular flexibility index (Phi) is 93.3. The van der Waals surface area contributed by atoms with Crippen molar-refractivity contribution in [3.63, 3.8) is 0 Å². The van der Waals surface area contributed by atoms with Gasteiger partial charge >= 0.3 is 0 Å². The molecule has 0 saturated heterocycles. The molecule has 0 amide bonds. The van der Waals surface area contributed by atoms with Gasteiger partial charge in [0.15, 0.2) is 0 Å². The highest BCUT2D eigenvalue weighted by molar-refractivity contribution is 9.58. The maximum atomic E-state index is 4.64. The lowest BCUT2D eigenvalue weighted by atomic mass is 28.4. The summed E-state index contributed by atoms with van der Waals surface area (Å²) in [5.41, 5.74) is 0. The molecule has 0 spiro atoms. The minimum atomic E-state index is -0.497. The van der Waals surface area contributed by atoms with Crippen LogP contribution in [-0.2, 0) is 0 Å². The van der Waals surface area contributed by atoms with Gasteiger partial charge in [-0.15, -0.1) is 366 Å². The van der Waals surface area contributed by atoms with Crippen LogP contribution in [0.25, 0.3) is 0 Å². The molecule has 0 nitrogen and oxygen atoms in total. The second-order valence-electron chi connectivity index (χ2n) is 13.2. The molecule has 0 aliphatic rings. The first-order valence-electron chi connectivity index (χ1n) is 18.9. The van der Waals surface area contributed by atoms with Gasteiger partial charge in [-0.25, -0.2) is 0 Å². The molecular formula is H84P83-. The molecule has 0 saturated carbocycles. The molecule has 0 fully saturated rings. The van der Waals surface area contributed by atoms with Crippen LogP contribution < -0.4 is 0 Å². The molecule has 45 unspecified atom stereocenters. The Labute approximate surface area is 652 Å². The van der Waals surface area contributed by atoms with E-state index in [-0.39, 0.29) is 210 Å². The van der Waals surface area contributed by atoms with Crippen molar-refractivity contribution in [2.45, 2.75) is 0 Å². The van der Waals surface area contributed by atoms with Gasteiger partial charge in [0, 0.05) is 0 Å². The monoisotopic (exact) mass is 2660 g/mol. The molecule has 0 aromatic heterocycles. The molecule has 0 aliphatic heterocycles. The number of hydrogen-bond acceptors (Lipinski definition) is 0. The molecule has 0 bridgehead atoms. The summed E-state index contributed by atoms with van der Waals surface area (Å²) < 4.78 is 0. The Morgan fingerprint density at radius 3 is 0.277 bits per heavy atom. The predicted molar refractivity (Wildman–Crippen MR) is 692 cm³/mol. The van der Waals surface area contributed by atoms with Gasteiger partial charge in [-0.3, -0.25) is 7.96 Å². The van der Waals surface area contributed by atoms with E-state index in [1.807, 2.05) is 0 Å². The van der Waals surface area contributed by atoms with Crippen LogP contribution in [0.3, 0.4) is 0 Å². The lowest BCUT2D eigenvalue weighted by molar-refractivity contribution is 4.30. The zero-order valence-electron chi connectivity index (χ0n) is 42.6. The van der Waals surface area contributed by atoms with Crippen molar-refractivity contribution in [1.82, 2.24) is 0 Å². The standard InChI is InChI=1S/H84P83/c1-43-64(42)75(65(44(2)3)45(4)5)80(74(62(38)39)63(40)41)83(81(76(66(46(6)7)47(8)9)67(48(10)11)49(12)13)77(68(50(14)15)51(16)17)69(52(18)19)53(20)21)82(78(70(54(22)23)55(24)25)71(56(26)27)57(28)29)79(72(58(30)31)59(32)33)73(60(34)35)61(36)37/h1,43H,2-42H2/q-1. The normalized spacial score (nSPS) is 15.8. The Morgan fingerprint density at radius 1 is 0.120 bits per heavy atom. The van der Waals surface area contributed by atoms with Gasteiger partial charge in [0.1, 0.15) is 0 Å². The maximum absolute atomic E-state index is 4.64. The largest absolute Gasteiger partial charge is 0.524 e. The lowest BCUT2D eigenvalue weighted by Crippen LogP contribution is -1.75. The summed E-state index contributed by atoms with van der Waals surface area (Å²) in [5.74, 6) is 0. The highest BCUT2D eigenvalue weighted by Gasteiger charge is 2.65. The summed E-state index contributed by atoms with van der Waals surface area (Å²) >= 11 is 0. The van der Waals surface area contributed by atoms with Crippen LogP contribution in [0.4, 0.5) is 0 Å². The van der Waals surface area contributed by atoms with Crippen LogP contribution in [0.5, 0.6) is 0 Å². The number of hydrogen-bond donors (Lipinski definition) is 0. The second kappa shape index (κ2) is 65.3. The van der Waals surface area contributed by atoms with Crippen LogP contribution in [0.1, 0.15) is 0 Å². The van der Waals surface area contributed by atoms with E-state index in [0.29, 0.717) is 0 Å². The fraction of sp³-hybridized carbons (Fsp3) is 0. The third-order valence-electron chi connectivity index (χ3n) is 7.32. The van der Waals surface area contributed by atoms with E-state index in [0.717, 1.165) is 7.96 Å². The van der Waals surface area contributed by atoms with Crippen molar-refractivity contribution in [1.29, 1.82) is 0 Å². The highest BCUT2D eigenvalue weighted by atomic mass is 33.6. The molecule has 0 radical (unpaired) electrons. The van der Waals surface area contributed by atoms with Gasteiger partial charge < -0.3 is 8.93 Å². The summed E-state index contributed by atoms with van der Waals surface area (Å²) in [6, 6.07) is 0. The molecule has 0 aliphatic carbocycles. The minimum absolute atomic E-state index is 0.290. The number of rotatable bonds is 40. The Hall–Kier alpha value is 35.7. The highest BCUT2D eigenvalue weighted by Crippen LogP contribution is 3.52. The predicted octanol–water partition coefficient (Wildman–Crippen LogP) is 49.0. The second-order valence-corrected chi connectivity index (χ2v) is 355. The Bertz CT molecular complexity index is 1290. The molecule has 500 valence electrons. The van der Waals surface area contributed by atoms with Crippen molar-refractivity contribution in [2.24, 2.45) is 0 Å². The molecule has 83 heteroatoms. The molecular weight excluding hydrogens is 2570 g/mol. The van der Waals surface area contributed by atoms with Gasteiger partial charge in [-0.05, 0) is 273 Å². The fourth-order valence-electron chi connectivity index (χ4n) is 5.05. The average molecular weight is 2660 g/mol. The van der Waals surface area contributed by atoms with Crippen molar-refractivity contribution in [3.8, 4) is 0 Å². The van der Waals surface area contributed by atoms with Crippen molar-refractivity contribution >= 4 is 662 Å². The zero-order chi connectivity index (χ0) is 65.8. The van der Waals surface area contributed by atoms with Gasteiger partial charge in [0.25, 0.3) is 0 Å². The first kappa shape index (κ1) is 119. The third kappa shape index (κ3) is 42.0. The summed E-state index contributed by atoms with van der Waals surface area (Å²) in [5, 5.41) is 0. The molecule has 0 aromatic carbocycles. The molecule has 0 N–H and O–H groups in total.